The van der Waals surface area contributed by atoms with Crippen LogP contribution in [0, 0.1) is 52.3 Å². The fourth-order valence-corrected chi connectivity index (χ4v) is 9.41. The Morgan fingerprint density at radius 3 is 2.43 bits per heavy atom. The second-order valence-corrected chi connectivity index (χ2v) is 12.7. The van der Waals surface area contributed by atoms with Crippen LogP contribution in [-0.2, 0) is 4.74 Å². The summed E-state index contributed by atoms with van der Waals surface area (Å²) < 4.78 is 6.45. The molecular weight excluding hydrogens is 372 g/mol. The standard InChI is InChI=1S/C27H44O3/c1-16(2)8-13-27(29)17(3)24-23(30-27)15-22-20-7-6-18-14-19(28)9-11-25(18,4)21(20)10-12-26(22,24)5/h8,13,16-24,28-29H,6-7,9-12,14-15H2,1-5H3/b13-8+/t17-,18-,19-,20+,21-,22-,23-,24-,25-,26-,27+/m0/s1. The Balaban J connectivity index is 1.40. The third-order valence-corrected chi connectivity index (χ3v) is 11.0. The summed E-state index contributed by atoms with van der Waals surface area (Å²) in [6.07, 6.45) is 13.8. The van der Waals surface area contributed by atoms with Crippen LogP contribution in [0.1, 0.15) is 86.0 Å². The van der Waals surface area contributed by atoms with E-state index in [0.29, 0.717) is 28.6 Å². The van der Waals surface area contributed by atoms with Crippen molar-refractivity contribution in [2.45, 2.75) is 104 Å². The first-order valence-electron chi connectivity index (χ1n) is 12.9. The molecule has 0 aromatic rings. The van der Waals surface area contributed by atoms with Gasteiger partial charge in [-0.25, -0.2) is 0 Å². The molecule has 2 N–H and O–H groups in total. The second kappa shape index (κ2) is 7.06. The summed E-state index contributed by atoms with van der Waals surface area (Å²) in [5.74, 6) is 3.02. The maximum atomic E-state index is 11.3. The van der Waals surface area contributed by atoms with Crippen molar-refractivity contribution in [1.82, 2.24) is 0 Å². The first-order valence-corrected chi connectivity index (χ1v) is 12.9. The molecular formula is C27H44O3. The maximum absolute atomic E-state index is 11.3. The molecule has 3 nitrogen and oxygen atoms in total. The summed E-state index contributed by atoms with van der Waals surface area (Å²) in [4.78, 5) is 0. The molecule has 0 unspecified atom stereocenters. The largest absolute Gasteiger partial charge is 0.393 e. The van der Waals surface area contributed by atoms with E-state index in [9.17, 15) is 10.2 Å². The van der Waals surface area contributed by atoms with Crippen molar-refractivity contribution in [3.63, 3.8) is 0 Å². The molecule has 4 aliphatic carbocycles. The van der Waals surface area contributed by atoms with Gasteiger partial charge in [-0.3, -0.25) is 0 Å². The van der Waals surface area contributed by atoms with E-state index in [2.05, 4.69) is 40.7 Å². The first-order chi connectivity index (χ1) is 14.1. The third-order valence-electron chi connectivity index (χ3n) is 11.0. The molecule has 1 aliphatic heterocycles. The van der Waals surface area contributed by atoms with Crippen molar-refractivity contribution < 1.29 is 14.9 Å². The Kier molecular flexibility index (Phi) is 5.05. The van der Waals surface area contributed by atoms with Crippen molar-refractivity contribution in [2.75, 3.05) is 0 Å². The lowest BCUT2D eigenvalue weighted by Gasteiger charge is -2.61. The Hall–Kier alpha value is -0.380. The fourth-order valence-electron chi connectivity index (χ4n) is 9.41. The summed E-state index contributed by atoms with van der Waals surface area (Å²) in [7, 11) is 0. The fraction of sp³-hybridized carbons (Fsp3) is 0.926. The maximum Gasteiger partial charge on any atom is 0.188 e. The lowest BCUT2D eigenvalue weighted by molar-refractivity contribution is -0.183. The predicted molar refractivity (Wildman–Crippen MR) is 120 cm³/mol. The zero-order chi connectivity index (χ0) is 21.5. The van der Waals surface area contributed by atoms with E-state index in [1.165, 1.54) is 32.1 Å². The molecule has 0 amide bonds. The van der Waals surface area contributed by atoms with Crippen molar-refractivity contribution in [1.29, 1.82) is 0 Å². The van der Waals surface area contributed by atoms with Crippen molar-refractivity contribution in [2.24, 2.45) is 52.3 Å². The molecule has 5 aliphatic rings. The molecule has 170 valence electrons. The van der Waals surface area contributed by atoms with E-state index in [1.54, 1.807) is 0 Å². The van der Waals surface area contributed by atoms with Gasteiger partial charge >= 0.3 is 0 Å². The van der Waals surface area contributed by atoms with E-state index in [4.69, 9.17) is 4.74 Å². The monoisotopic (exact) mass is 416 g/mol. The van der Waals surface area contributed by atoms with Crippen molar-refractivity contribution >= 4 is 0 Å². The molecule has 5 fully saturated rings. The van der Waals surface area contributed by atoms with Crippen LogP contribution in [0.15, 0.2) is 12.2 Å². The molecule has 11 atom stereocenters. The quantitative estimate of drug-likeness (QED) is 0.580. The number of rotatable bonds is 2. The molecule has 5 rings (SSSR count). The minimum absolute atomic E-state index is 0.0647. The van der Waals surface area contributed by atoms with E-state index < -0.39 is 5.79 Å². The van der Waals surface area contributed by atoms with Gasteiger partial charge in [0.15, 0.2) is 5.79 Å². The van der Waals surface area contributed by atoms with Crippen LogP contribution in [0.25, 0.3) is 0 Å². The lowest BCUT2D eigenvalue weighted by Crippen LogP contribution is -2.54. The summed E-state index contributed by atoms with van der Waals surface area (Å²) in [5, 5.41) is 21.6. The zero-order valence-corrected chi connectivity index (χ0v) is 19.8. The Bertz CT molecular complexity index is 702. The Labute approximate surface area is 183 Å². The van der Waals surface area contributed by atoms with Crippen LogP contribution in [0.4, 0.5) is 0 Å². The molecule has 0 radical (unpaired) electrons. The van der Waals surface area contributed by atoms with Gasteiger partial charge in [0.05, 0.1) is 12.2 Å². The van der Waals surface area contributed by atoms with Gasteiger partial charge in [0.1, 0.15) is 0 Å². The topological polar surface area (TPSA) is 49.7 Å². The lowest BCUT2D eigenvalue weighted by atomic mass is 9.44. The van der Waals surface area contributed by atoms with Gasteiger partial charge in [-0.05, 0) is 104 Å². The molecule has 1 heterocycles. The number of allylic oxidation sites excluding steroid dienone is 1. The van der Waals surface area contributed by atoms with Crippen molar-refractivity contribution in [3.8, 4) is 0 Å². The molecule has 0 bridgehead atoms. The van der Waals surface area contributed by atoms with Gasteiger partial charge in [0.25, 0.3) is 0 Å². The summed E-state index contributed by atoms with van der Waals surface area (Å²) >= 11 is 0. The summed E-state index contributed by atoms with van der Waals surface area (Å²) in [6.45, 7) is 11.6. The van der Waals surface area contributed by atoms with Crippen LogP contribution in [0.2, 0.25) is 0 Å². The Morgan fingerprint density at radius 2 is 1.70 bits per heavy atom. The van der Waals surface area contributed by atoms with Gasteiger partial charge < -0.3 is 14.9 Å². The van der Waals surface area contributed by atoms with E-state index in [-0.39, 0.29) is 18.1 Å². The minimum Gasteiger partial charge on any atom is -0.393 e. The molecule has 3 heteroatoms. The highest BCUT2D eigenvalue weighted by atomic mass is 16.6. The number of aliphatic hydroxyl groups excluding tert-OH is 1. The molecule has 4 saturated carbocycles. The second-order valence-electron chi connectivity index (χ2n) is 12.7. The number of aliphatic hydroxyl groups is 2. The minimum atomic E-state index is -1.09. The van der Waals surface area contributed by atoms with E-state index in [0.717, 1.165) is 37.0 Å². The zero-order valence-electron chi connectivity index (χ0n) is 19.8. The van der Waals surface area contributed by atoms with E-state index in [1.807, 2.05) is 6.08 Å². The normalized spacial score (nSPS) is 57.9. The van der Waals surface area contributed by atoms with Gasteiger partial charge in [-0.15, -0.1) is 0 Å². The molecule has 1 saturated heterocycles. The number of ether oxygens (including phenoxy) is 1. The average molecular weight is 417 g/mol. The smallest absolute Gasteiger partial charge is 0.188 e. The van der Waals surface area contributed by atoms with Gasteiger partial charge in [-0.2, -0.15) is 0 Å². The van der Waals surface area contributed by atoms with Crippen LogP contribution in [0.5, 0.6) is 0 Å². The summed E-state index contributed by atoms with van der Waals surface area (Å²) in [6, 6.07) is 0. The van der Waals surface area contributed by atoms with Crippen LogP contribution >= 0.6 is 0 Å². The molecule has 0 aromatic heterocycles. The highest BCUT2D eigenvalue weighted by Crippen LogP contribution is 2.70. The van der Waals surface area contributed by atoms with E-state index >= 15 is 0 Å². The van der Waals surface area contributed by atoms with Crippen molar-refractivity contribution in [3.05, 3.63) is 12.2 Å². The van der Waals surface area contributed by atoms with Gasteiger partial charge in [-0.1, -0.05) is 40.7 Å². The van der Waals surface area contributed by atoms with Gasteiger partial charge in [0, 0.05) is 5.92 Å². The number of hydrogen-bond donors (Lipinski definition) is 2. The molecule has 0 aromatic carbocycles. The third kappa shape index (κ3) is 2.94. The van der Waals surface area contributed by atoms with Gasteiger partial charge in [0.2, 0.25) is 0 Å². The highest BCUT2D eigenvalue weighted by Gasteiger charge is 2.68. The Morgan fingerprint density at radius 1 is 0.967 bits per heavy atom. The van der Waals surface area contributed by atoms with Crippen LogP contribution in [-0.4, -0.2) is 28.2 Å². The summed E-state index contributed by atoms with van der Waals surface area (Å²) in [5.41, 5.74) is 0.715. The molecule has 0 spiro atoms. The number of fused-ring (bicyclic) bond motifs is 7. The first kappa shape index (κ1) is 21.5. The highest BCUT2D eigenvalue weighted by molar-refractivity contribution is 5.17. The van der Waals surface area contributed by atoms with Crippen LogP contribution in [0.3, 0.4) is 0 Å². The SMILES string of the molecule is CC(C)/C=C/[C@@]1(O)O[C@H]2C[C@H]3[C@@H]4CC[C@H]5C[C@@H](O)CC[C@]5(C)[C@H]4CC[C@]3(C)[C@H]2[C@@H]1C. The average Bonchev–Trinajstić information content (AvgIpc) is 3.11. The van der Waals surface area contributed by atoms with Crippen LogP contribution < -0.4 is 0 Å². The molecule has 30 heavy (non-hydrogen) atoms. The predicted octanol–water partition coefficient (Wildman–Crippen LogP) is 5.55. The number of hydrogen-bond acceptors (Lipinski definition) is 3.